The van der Waals surface area contributed by atoms with Crippen LogP contribution in [0.3, 0.4) is 0 Å². The molecule has 16 heavy (non-hydrogen) atoms. The number of esters is 1. The molecule has 1 aromatic rings. The lowest BCUT2D eigenvalue weighted by Crippen LogP contribution is -2.43. The number of carbonyl (C=O) groups is 1. The van der Waals surface area contributed by atoms with E-state index in [2.05, 4.69) is 4.98 Å². The van der Waals surface area contributed by atoms with Crippen LogP contribution in [0.15, 0.2) is 10.9 Å². The van der Waals surface area contributed by atoms with E-state index in [0.717, 1.165) is 0 Å². The highest BCUT2D eigenvalue weighted by atomic mass is 16.6. The molecular formula is C11H13NO4. The molecule has 1 aliphatic rings. The van der Waals surface area contributed by atoms with Crippen LogP contribution in [-0.2, 0) is 21.7 Å². The standard InChI is InChI=1S/C11H13NO4/c1-3-11(15)8-4-6(2)12-9(13)7(8)5-16-10(11)14/h4,15H,3,5H2,1-2H3,(H,12,13)/t11-/m1/s1. The van der Waals surface area contributed by atoms with Crippen LogP contribution in [0.2, 0.25) is 0 Å². The van der Waals surface area contributed by atoms with Gasteiger partial charge in [0, 0.05) is 11.3 Å². The van der Waals surface area contributed by atoms with E-state index in [4.69, 9.17) is 4.74 Å². The topological polar surface area (TPSA) is 79.4 Å². The Kier molecular flexibility index (Phi) is 2.35. The number of aromatic amines is 1. The zero-order valence-electron chi connectivity index (χ0n) is 9.16. The van der Waals surface area contributed by atoms with E-state index in [0.29, 0.717) is 16.8 Å². The predicted molar refractivity (Wildman–Crippen MR) is 55.8 cm³/mol. The second kappa shape index (κ2) is 3.45. The van der Waals surface area contributed by atoms with Gasteiger partial charge in [0.2, 0.25) is 0 Å². The summed E-state index contributed by atoms with van der Waals surface area (Å²) in [5.41, 5.74) is -0.686. The van der Waals surface area contributed by atoms with Crippen LogP contribution in [0.4, 0.5) is 0 Å². The molecule has 0 radical (unpaired) electrons. The van der Waals surface area contributed by atoms with Gasteiger partial charge in [-0.2, -0.15) is 0 Å². The molecule has 0 fully saturated rings. The summed E-state index contributed by atoms with van der Waals surface area (Å²) in [5.74, 6) is -0.688. The predicted octanol–water partition coefficient (Wildman–Crippen LogP) is 0.338. The van der Waals surface area contributed by atoms with Gasteiger partial charge in [-0.1, -0.05) is 6.92 Å². The first-order valence-electron chi connectivity index (χ1n) is 5.12. The van der Waals surface area contributed by atoms with Crippen molar-refractivity contribution in [3.63, 3.8) is 0 Å². The van der Waals surface area contributed by atoms with E-state index >= 15 is 0 Å². The van der Waals surface area contributed by atoms with Crippen molar-refractivity contribution in [3.05, 3.63) is 33.2 Å². The third-order valence-corrected chi connectivity index (χ3v) is 2.91. The van der Waals surface area contributed by atoms with Gasteiger partial charge in [0.05, 0.1) is 5.56 Å². The molecule has 86 valence electrons. The van der Waals surface area contributed by atoms with Gasteiger partial charge in [0.15, 0.2) is 5.60 Å². The van der Waals surface area contributed by atoms with E-state index in [9.17, 15) is 14.7 Å². The summed E-state index contributed by atoms with van der Waals surface area (Å²) in [6.45, 7) is 3.30. The van der Waals surface area contributed by atoms with E-state index < -0.39 is 11.6 Å². The third-order valence-electron chi connectivity index (χ3n) is 2.91. The second-order valence-corrected chi connectivity index (χ2v) is 3.96. The van der Waals surface area contributed by atoms with Crippen LogP contribution in [0.5, 0.6) is 0 Å². The lowest BCUT2D eigenvalue weighted by atomic mass is 9.86. The number of cyclic esters (lactones) is 1. The molecule has 1 aliphatic heterocycles. The maximum absolute atomic E-state index is 11.6. The molecule has 2 rings (SSSR count). The van der Waals surface area contributed by atoms with Crippen molar-refractivity contribution in [3.8, 4) is 0 Å². The number of hydrogen-bond donors (Lipinski definition) is 2. The molecule has 0 spiro atoms. The zero-order chi connectivity index (χ0) is 11.9. The van der Waals surface area contributed by atoms with Crippen molar-refractivity contribution in [2.75, 3.05) is 0 Å². The first-order chi connectivity index (χ1) is 7.49. The number of carbonyl (C=O) groups excluding carboxylic acids is 1. The SMILES string of the molecule is CC[C@]1(O)C(=O)OCc2c1cc(C)[nH]c2=O. The first kappa shape index (κ1) is 10.9. The van der Waals surface area contributed by atoms with Crippen molar-refractivity contribution in [1.29, 1.82) is 0 Å². The van der Waals surface area contributed by atoms with Crippen LogP contribution < -0.4 is 5.56 Å². The summed E-state index contributed by atoms with van der Waals surface area (Å²) in [6.07, 6.45) is 0.182. The monoisotopic (exact) mass is 223 g/mol. The van der Waals surface area contributed by atoms with Gasteiger partial charge in [0.1, 0.15) is 6.61 Å². The molecule has 0 aromatic carbocycles. The Morgan fingerprint density at radius 2 is 2.25 bits per heavy atom. The van der Waals surface area contributed by atoms with Crippen LogP contribution in [0.1, 0.15) is 30.2 Å². The van der Waals surface area contributed by atoms with Crippen LogP contribution in [-0.4, -0.2) is 16.1 Å². The molecular weight excluding hydrogens is 210 g/mol. The van der Waals surface area contributed by atoms with Gasteiger partial charge in [-0.15, -0.1) is 0 Å². The van der Waals surface area contributed by atoms with Gasteiger partial charge in [-0.05, 0) is 19.4 Å². The number of hydrogen-bond acceptors (Lipinski definition) is 4. The van der Waals surface area contributed by atoms with Gasteiger partial charge in [-0.25, -0.2) is 4.79 Å². The highest BCUT2D eigenvalue weighted by Crippen LogP contribution is 2.32. The molecule has 0 saturated heterocycles. The van der Waals surface area contributed by atoms with E-state index in [1.807, 2.05) is 0 Å². The first-order valence-corrected chi connectivity index (χ1v) is 5.12. The lowest BCUT2D eigenvalue weighted by molar-refractivity contribution is -0.172. The van der Waals surface area contributed by atoms with Crippen LogP contribution >= 0.6 is 0 Å². The molecule has 1 atom stereocenters. The normalized spacial score (nSPS) is 23.8. The molecule has 5 heteroatoms. The molecule has 0 saturated carbocycles. The number of aromatic nitrogens is 1. The fraction of sp³-hybridized carbons (Fsp3) is 0.455. The summed E-state index contributed by atoms with van der Waals surface area (Å²) in [7, 11) is 0. The molecule has 5 nitrogen and oxygen atoms in total. The average molecular weight is 223 g/mol. The summed E-state index contributed by atoms with van der Waals surface area (Å²) < 4.78 is 4.82. The molecule has 0 aliphatic carbocycles. The lowest BCUT2D eigenvalue weighted by Gasteiger charge is -2.31. The average Bonchev–Trinajstić information content (AvgIpc) is 2.24. The number of aryl methyl sites for hydroxylation is 1. The van der Waals surface area contributed by atoms with E-state index in [1.165, 1.54) is 0 Å². The molecule has 1 aromatic heterocycles. The van der Waals surface area contributed by atoms with E-state index in [1.54, 1.807) is 19.9 Å². The Labute approximate surface area is 92.1 Å². The number of pyridine rings is 1. The minimum atomic E-state index is -1.69. The number of H-pyrrole nitrogens is 1. The quantitative estimate of drug-likeness (QED) is 0.673. The molecule has 2 N–H and O–H groups in total. The maximum atomic E-state index is 11.6. The van der Waals surface area contributed by atoms with Crippen molar-refractivity contribution >= 4 is 5.97 Å². The van der Waals surface area contributed by atoms with Crippen molar-refractivity contribution in [2.45, 2.75) is 32.5 Å². The Morgan fingerprint density at radius 3 is 2.88 bits per heavy atom. The summed E-state index contributed by atoms with van der Waals surface area (Å²) in [4.78, 5) is 25.8. The van der Waals surface area contributed by atoms with E-state index in [-0.39, 0.29) is 18.6 Å². The molecule has 0 amide bonds. The smallest absolute Gasteiger partial charge is 0.343 e. The van der Waals surface area contributed by atoms with Crippen molar-refractivity contribution in [1.82, 2.24) is 4.98 Å². The summed E-state index contributed by atoms with van der Waals surface area (Å²) in [6, 6.07) is 1.63. The fourth-order valence-electron chi connectivity index (χ4n) is 1.93. The second-order valence-electron chi connectivity index (χ2n) is 3.96. The number of rotatable bonds is 1. The maximum Gasteiger partial charge on any atom is 0.343 e. The minimum Gasteiger partial charge on any atom is -0.458 e. The summed E-state index contributed by atoms with van der Waals surface area (Å²) in [5, 5.41) is 10.2. The molecule has 0 unspecified atom stereocenters. The van der Waals surface area contributed by atoms with Crippen molar-refractivity contribution in [2.24, 2.45) is 0 Å². The Bertz CT molecular complexity index is 505. The number of nitrogens with one attached hydrogen (secondary N) is 1. The Morgan fingerprint density at radius 1 is 1.56 bits per heavy atom. The highest BCUT2D eigenvalue weighted by molar-refractivity contribution is 5.82. The van der Waals surface area contributed by atoms with Gasteiger partial charge >= 0.3 is 5.97 Å². The minimum absolute atomic E-state index is 0.0773. The fourth-order valence-corrected chi connectivity index (χ4v) is 1.93. The van der Waals surface area contributed by atoms with Crippen LogP contribution in [0.25, 0.3) is 0 Å². The van der Waals surface area contributed by atoms with Gasteiger partial charge < -0.3 is 14.8 Å². The largest absolute Gasteiger partial charge is 0.458 e. The number of fused-ring (bicyclic) bond motifs is 1. The van der Waals surface area contributed by atoms with Crippen molar-refractivity contribution < 1.29 is 14.6 Å². The summed E-state index contributed by atoms with van der Waals surface area (Å²) >= 11 is 0. The molecule has 0 bridgehead atoms. The van der Waals surface area contributed by atoms with Gasteiger partial charge in [-0.3, -0.25) is 4.79 Å². The van der Waals surface area contributed by atoms with Gasteiger partial charge in [0.25, 0.3) is 5.56 Å². The molecule has 2 heterocycles. The zero-order valence-corrected chi connectivity index (χ0v) is 9.16. The van der Waals surface area contributed by atoms with Crippen LogP contribution in [0, 0.1) is 6.92 Å². The Balaban J connectivity index is 2.73. The Hall–Kier alpha value is -1.62. The number of aliphatic hydroxyl groups is 1. The number of ether oxygens (including phenoxy) is 1. The third kappa shape index (κ3) is 1.36. The highest BCUT2D eigenvalue weighted by Gasteiger charge is 2.43.